The zero-order valence-electron chi connectivity index (χ0n) is 21.7. The zero-order chi connectivity index (χ0) is 27.8. The lowest BCUT2D eigenvalue weighted by molar-refractivity contribution is -0.129. The summed E-state index contributed by atoms with van der Waals surface area (Å²) in [4.78, 5) is 53.2. The summed E-state index contributed by atoms with van der Waals surface area (Å²) in [6, 6.07) is 16.8. The third-order valence-electron chi connectivity index (χ3n) is 5.93. The van der Waals surface area contributed by atoms with E-state index in [0.29, 0.717) is 35.8 Å². The molecule has 1 aliphatic rings. The third-order valence-corrected chi connectivity index (χ3v) is 8.06. The maximum atomic E-state index is 12.9. The topological polar surface area (TPSA) is 105 Å². The first-order valence-corrected chi connectivity index (χ1v) is 14.3. The van der Waals surface area contributed by atoms with Crippen LogP contribution >= 0.6 is 23.1 Å². The van der Waals surface area contributed by atoms with Gasteiger partial charge in [0.2, 0.25) is 17.7 Å². The van der Waals surface area contributed by atoms with E-state index in [0.717, 1.165) is 20.9 Å². The van der Waals surface area contributed by atoms with Gasteiger partial charge in [-0.1, -0.05) is 36.4 Å². The number of amides is 3. The van der Waals surface area contributed by atoms with E-state index in [2.05, 4.69) is 10.6 Å². The summed E-state index contributed by atoms with van der Waals surface area (Å²) >= 11 is 2.63. The van der Waals surface area contributed by atoms with Gasteiger partial charge in [-0.3, -0.25) is 14.4 Å². The molecule has 3 amide bonds. The molecule has 4 rings (SSSR count). The Bertz CT molecular complexity index is 1400. The molecular formula is C29H29N3O5S2. The second kappa shape index (κ2) is 13.3. The minimum absolute atomic E-state index is 0.0284. The quantitative estimate of drug-likeness (QED) is 0.210. The molecule has 2 heterocycles. The van der Waals surface area contributed by atoms with Crippen LogP contribution in [0, 0.1) is 0 Å². The van der Waals surface area contributed by atoms with Gasteiger partial charge in [0.15, 0.2) is 0 Å². The number of esters is 1. The molecule has 0 saturated heterocycles. The highest BCUT2D eigenvalue weighted by atomic mass is 32.2. The number of nitrogens with one attached hydrogen (secondary N) is 2. The second-order valence-corrected chi connectivity index (χ2v) is 10.9. The van der Waals surface area contributed by atoms with Gasteiger partial charge in [-0.2, -0.15) is 0 Å². The predicted molar refractivity (Wildman–Crippen MR) is 155 cm³/mol. The molecule has 0 bridgehead atoms. The van der Waals surface area contributed by atoms with Crippen molar-refractivity contribution < 1.29 is 23.9 Å². The van der Waals surface area contributed by atoms with E-state index in [1.165, 1.54) is 36.1 Å². The molecule has 1 aromatic heterocycles. The third kappa shape index (κ3) is 7.58. The number of thioether (sulfide) groups is 1. The molecular weight excluding hydrogens is 534 g/mol. The van der Waals surface area contributed by atoms with Crippen molar-refractivity contribution in [3.05, 3.63) is 82.2 Å². The van der Waals surface area contributed by atoms with E-state index >= 15 is 0 Å². The minimum Gasteiger partial charge on any atom is -0.462 e. The fourth-order valence-electron chi connectivity index (χ4n) is 4.07. The van der Waals surface area contributed by atoms with Crippen LogP contribution < -0.4 is 10.6 Å². The van der Waals surface area contributed by atoms with Gasteiger partial charge in [0.25, 0.3) is 0 Å². The van der Waals surface area contributed by atoms with Crippen LogP contribution in [0.4, 0.5) is 10.7 Å². The number of thiophene rings is 1. The molecule has 0 spiro atoms. The summed E-state index contributed by atoms with van der Waals surface area (Å²) in [5, 5.41) is 6.16. The van der Waals surface area contributed by atoms with Crippen molar-refractivity contribution in [3.8, 4) is 0 Å². The molecule has 2 aromatic carbocycles. The van der Waals surface area contributed by atoms with Gasteiger partial charge < -0.3 is 20.3 Å². The van der Waals surface area contributed by atoms with Crippen LogP contribution in [0.25, 0.3) is 6.08 Å². The SMILES string of the molecule is CCOC(=O)c1c(NC(=O)CSc2cccc(NC(=O)/C=C/c3ccccc3)c2)sc2c1CCN(C(C)=O)C2. The minimum atomic E-state index is -0.473. The number of ether oxygens (including phenoxy) is 1. The largest absolute Gasteiger partial charge is 0.462 e. The first-order chi connectivity index (χ1) is 18.8. The van der Waals surface area contributed by atoms with Crippen LogP contribution in [-0.4, -0.2) is 47.5 Å². The highest BCUT2D eigenvalue weighted by Crippen LogP contribution is 2.38. The second-order valence-electron chi connectivity index (χ2n) is 8.72. The molecule has 0 atom stereocenters. The summed E-state index contributed by atoms with van der Waals surface area (Å²) in [6.07, 6.45) is 3.74. The Balaban J connectivity index is 1.38. The summed E-state index contributed by atoms with van der Waals surface area (Å²) in [7, 11) is 0. The van der Waals surface area contributed by atoms with Gasteiger partial charge in [0, 0.05) is 35.0 Å². The van der Waals surface area contributed by atoms with Gasteiger partial charge in [-0.15, -0.1) is 23.1 Å². The van der Waals surface area contributed by atoms with E-state index in [1.54, 1.807) is 30.0 Å². The Kier molecular flexibility index (Phi) is 9.56. The lowest BCUT2D eigenvalue weighted by Gasteiger charge is -2.25. The molecule has 0 aliphatic carbocycles. The maximum Gasteiger partial charge on any atom is 0.341 e. The van der Waals surface area contributed by atoms with Gasteiger partial charge >= 0.3 is 5.97 Å². The first-order valence-electron chi connectivity index (χ1n) is 12.5. The lowest BCUT2D eigenvalue weighted by atomic mass is 10.0. The van der Waals surface area contributed by atoms with Crippen molar-refractivity contribution in [2.75, 3.05) is 29.5 Å². The van der Waals surface area contributed by atoms with Gasteiger partial charge in [0.05, 0.1) is 24.5 Å². The highest BCUT2D eigenvalue weighted by molar-refractivity contribution is 8.00. The van der Waals surface area contributed by atoms with Crippen LogP contribution in [0.2, 0.25) is 0 Å². The molecule has 0 fully saturated rings. The van der Waals surface area contributed by atoms with Crippen LogP contribution in [0.1, 0.15) is 40.2 Å². The molecule has 2 N–H and O–H groups in total. The van der Waals surface area contributed by atoms with Gasteiger partial charge in [-0.25, -0.2) is 4.79 Å². The van der Waals surface area contributed by atoms with Crippen molar-refractivity contribution in [2.24, 2.45) is 0 Å². The Labute approximate surface area is 235 Å². The smallest absolute Gasteiger partial charge is 0.341 e. The predicted octanol–water partition coefficient (Wildman–Crippen LogP) is 5.21. The fraction of sp³-hybridized carbons (Fsp3) is 0.241. The molecule has 8 nitrogen and oxygen atoms in total. The first kappa shape index (κ1) is 28.1. The normalized spacial score (nSPS) is 12.6. The van der Waals surface area contributed by atoms with Crippen molar-refractivity contribution >= 4 is 63.6 Å². The Morgan fingerprint density at radius 2 is 1.87 bits per heavy atom. The van der Waals surface area contributed by atoms with E-state index in [1.807, 2.05) is 42.5 Å². The number of hydrogen-bond acceptors (Lipinski definition) is 7. The number of benzene rings is 2. The summed E-state index contributed by atoms with van der Waals surface area (Å²) in [5.74, 6) is -0.920. The van der Waals surface area contributed by atoms with Crippen LogP contribution in [0.15, 0.2) is 65.6 Å². The zero-order valence-corrected chi connectivity index (χ0v) is 23.3. The standard InChI is InChI=1S/C29H29N3O5S2/c1-3-37-29(36)27-23-14-15-32(19(2)33)17-24(23)39-28(27)31-26(35)18-38-22-11-7-10-21(16-22)30-25(34)13-12-20-8-5-4-6-9-20/h4-13,16H,3,14-15,17-18H2,1-2H3,(H,30,34)(H,31,35)/b13-12+. The van der Waals surface area contributed by atoms with E-state index < -0.39 is 5.97 Å². The van der Waals surface area contributed by atoms with Crippen LogP contribution in [0.3, 0.4) is 0 Å². The molecule has 0 unspecified atom stereocenters. The number of rotatable bonds is 9. The monoisotopic (exact) mass is 563 g/mol. The van der Waals surface area contributed by atoms with Gasteiger partial charge in [0.1, 0.15) is 5.00 Å². The molecule has 202 valence electrons. The number of carbonyl (C=O) groups excluding carboxylic acids is 4. The number of anilines is 2. The number of nitrogens with zero attached hydrogens (tertiary/aromatic N) is 1. The van der Waals surface area contributed by atoms with Crippen LogP contribution in [0.5, 0.6) is 0 Å². The average molecular weight is 564 g/mol. The van der Waals surface area contributed by atoms with Crippen LogP contribution in [-0.2, 0) is 32.1 Å². The number of fused-ring (bicyclic) bond motifs is 1. The lowest BCUT2D eigenvalue weighted by Crippen LogP contribution is -2.34. The van der Waals surface area contributed by atoms with Crippen molar-refractivity contribution in [2.45, 2.75) is 31.7 Å². The Hall–Kier alpha value is -3.89. The highest BCUT2D eigenvalue weighted by Gasteiger charge is 2.30. The summed E-state index contributed by atoms with van der Waals surface area (Å²) < 4.78 is 5.26. The van der Waals surface area contributed by atoms with E-state index in [4.69, 9.17) is 4.74 Å². The molecule has 0 saturated carbocycles. The van der Waals surface area contributed by atoms with E-state index in [-0.39, 0.29) is 30.1 Å². The summed E-state index contributed by atoms with van der Waals surface area (Å²) in [5.41, 5.74) is 2.76. The van der Waals surface area contributed by atoms with Gasteiger partial charge in [-0.05, 0) is 48.7 Å². The van der Waals surface area contributed by atoms with Crippen molar-refractivity contribution in [1.82, 2.24) is 4.90 Å². The Morgan fingerprint density at radius 3 is 2.62 bits per heavy atom. The molecule has 3 aromatic rings. The van der Waals surface area contributed by atoms with Crippen molar-refractivity contribution in [1.29, 1.82) is 0 Å². The fourth-order valence-corrected chi connectivity index (χ4v) is 6.10. The number of carbonyl (C=O) groups is 4. The molecule has 0 radical (unpaired) electrons. The molecule has 39 heavy (non-hydrogen) atoms. The Morgan fingerprint density at radius 1 is 1.08 bits per heavy atom. The average Bonchev–Trinajstić information content (AvgIpc) is 3.28. The van der Waals surface area contributed by atoms with E-state index in [9.17, 15) is 19.2 Å². The molecule has 10 heteroatoms. The molecule has 1 aliphatic heterocycles. The maximum absolute atomic E-state index is 12.9. The van der Waals surface area contributed by atoms with Crippen molar-refractivity contribution in [3.63, 3.8) is 0 Å². The summed E-state index contributed by atoms with van der Waals surface area (Å²) in [6.45, 7) is 4.40. The number of hydrogen-bond donors (Lipinski definition) is 2.